The number of rotatable bonds is 6. The molecular weight excluding hydrogens is 495 g/mol. The van der Waals surface area contributed by atoms with E-state index >= 15 is 0 Å². The minimum absolute atomic E-state index is 0.0506. The van der Waals surface area contributed by atoms with Gasteiger partial charge in [-0.3, -0.25) is 9.36 Å². The third kappa shape index (κ3) is 4.47. The largest absolute Gasteiger partial charge is 0.377 e. The molecule has 0 bridgehead atoms. The van der Waals surface area contributed by atoms with Crippen LogP contribution in [-0.4, -0.2) is 49.5 Å². The monoisotopic (exact) mass is 521 g/mol. The van der Waals surface area contributed by atoms with Gasteiger partial charge in [0, 0.05) is 45.3 Å². The second kappa shape index (κ2) is 9.47. The number of benzene rings is 1. The topological polar surface area (TPSA) is 98.5 Å². The normalized spacial score (nSPS) is 23.1. The van der Waals surface area contributed by atoms with Gasteiger partial charge in [-0.05, 0) is 19.4 Å². The van der Waals surface area contributed by atoms with Gasteiger partial charge in [0.25, 0.3) is 12.0 Å². The molecule has 4 heterocycles. The van der Waals surface area contributed by atoms with Gasteiger partial charge in [0.05, 0.1) is 30.2 Å². The minimum Gasteiger partial charge on any atom is -0.377 e. The van der Waals surface area contributed by atoms with Crippen molar-refractivity contribution in [3.05, 3.63) is 63.5 Å². The number of alkyl halides is 2. The molecule has 2 aliphatic rings. The highest BCUT2D eigenvalue weighted by atomic mass is 32.2. The molecule has 36 heavy (non-hydrogen) atoms. The summed E-state index contributed by atoms with van der Waals surface area (Å²) >= 11 is 0. The summed E-state index contributed by atoms with van der Waals surface area (Å²) in [6, 6.07) is 4.83. The van der Waals surface area contributed by atoms with E-state index in [1.807, 2.05) is 0 Å². The minimum atomic E-state index is -2.93. The lowest BCUT2D eigenvalue weighted by Gasteiger charge is -2.22. The molecule has 1 aromatic carbocycles. The Bertz CT molecular complexity index is 1500. The van der Waals surface area contributed by atoms with Crippen molar-refractivity contribution in [3.63, 3.8) is 0 Å². The fourth-order valence-electron chi connectivity index (χ4n) is 4.76. The smallest absolute Gasteiger partial charge is 0.266 e. The highest BCUT2D eigenvalue weighted by molar-refractivity contribution is 7.93. The Balaban J connectivity index is 1.51. The number of pyridine rings is 1. The molecule has 3 atom stereocenters. The molecule has 2 aliphatic heterocycles. The number of ether oxygens (including phenoxy) is 1. The van der Waals surface area contributed by atoms with Crippen LogP contribution in [-0.2, 0) is 21.5 Å². The molecule has 0 saturated carbocycles. The van der Waals surface area contributed by atoms with Crippen molar-refractivity contribution in [1.82, 2.24) is 14.5 Å². The summed E-state index contributed by atoms with van der Waals surface area (Å²) < 4.78 is 65.4. The molecule has 12 heteroatoms. The van der Waals surface area contributed by atoms with Crippen LogP contribution in [0.3, 0.4) is 0 Å². The van der Waals surface area contributed by atoms with Gasteiger partial charge in [0.2, 0.25) is 0 Å². The first-order valence-electron chi connectivity index (χ1n) is 11.6. The number of anilines is 1. The molecule has 3 unspecified atom stereocenters. The second-order valence-electron chi connectivity index (χ2n) is 9.27. The van der Waals surface area contributed by atoms with Crippen LogP contribution in [0, 0.1) is 5.82 Å². The Morgan fingerprint density at radius 2 is 2.00 bits per heavy atom. The third-order valence-corrected chi connectivity index (χ3v) is 9.27. The molecular formula is C24H26F3N5O3S. The zero-order valence-corrected chi connectivity index (χ0v) is 20.6. The van der Waals surface area contributed by atoms with Crippen molar-refractivity contribution < 1.29 is 22.1 Å². The maximum Gasteiger partial charge on any atom is 0.266 e. The average molecular weight is 522 g/mol. The molecule has 2 aromatic heterocycles. The fourth-order valence-corrected chi connectivity index (χ4v) is 7.41. The van der Waals surface area contributed by atoms with Crippen molar-refractivity contribution in [2.45, 2.75) is 37.8 Å². The predicted octanol–water partition coefficient (Wildman–Crippen LogP) is 3.93. The van der Waals surface area contributed by atoms with Gasteiger partial charge in [-0.15, -0.1) is 0 Å². The lowest BCUT2D eigenvalue weighted by Crippen LogP contribution is -2.33. The molecule has 1 N–H and O–H groups in total. The standard InChI is InChI=1S/C24H26F3N5O3S/c1-13(16-4-3-5-17(20(16)25)21(26)27)30-22-19-8-18(24(33)32(2)23(19)29-12-28-22)14-6-7-36(34,11-14)31-15-9-35-10-15/h3-5,8,12-15,21H,6-7,9-11H2,1-2H3,(H,28,29,30). The first-order chi connectivity index (χ1) is 17.2. The van der Waals surface area contributed by atoms with Gasteiger partial charge in [0.1, 0.15) is 29.7 Å². The summed E-state index contributed by atoms with van der Waals surface area (Å²) in [5, 5.41) is 3.61. The van der Waals surface area contributed by atoms with E-state index in [1.165, 1.54) is 23.0 Å². The van der Waals surface area contributed by atoms with Gasteiger partial charge in [-0.1, -0.05) is 18.2 Å². The molecule has 3 aromatic rings. The molecule has 2 saturated heterocycles. The number of aryl methyl sites for hydroxylation is 1. The summed E-state index contributed by atoms with van der Waals surface area (Å²) in [5.74, 6) is -0.164. The first kappa shape index (κ1) is 24.7. The van der Waals surface area contributed by atoms with Crippen LogP contribution in [0.4, 0.5) is 19.0 Å². The van der Waals surface area contributed by atoms with E-state index in [0.29, 0.717) is 53.6 Å². The van der Waals surface area contributed by atoms with Crippen molar-refractivity contribution in [1.29, 1.82) is 0 Å². The molecule has 192 valence electrons. The Morgan fingerprint density at radius 1 is 1.25 bits per heavy atom. The molecule has 2 fully saturated rings. The van der Waals surface area contributed by atoms with Gasteiger partial charge in [-0.25, -0.2) is 31.7 Å². The van der Waals surface area contributed by atoms with Gasteiger partial charge >= 0.3 is 0 Å². The summed E-state index contributed by atoms with van der Waals surface area (Å²) in [5.41, 5.74) is 0.0252. The predicted molar refractivity (Wildman–Crippen MR) is 130 cm³/mol. The molecule has 0 aliphatic carbocycles. The number of fused-ring (bicyclic) bond motifs is 1. The van der Waals surface area contributed by atoms with Crippen molar-refractivity contribution in [2.75, 3.05) is 30.0 Å². The lowest BCUT2D eigenvalue weighted by atomic mass is 9.99. The van der Waals surface area contributed by atoms with Crippen LogP contribution in [0.1, 0.15) is 48.4 Å². The quantitative estimate of drug-likeness (QED) is 0.528. The number of aromatic nitrogens is 3. The van der Waals surface area contributed by atoms with Crippen molar-refractivity contribution >= 4 is 26.6 Å². The van der Waals surface area contributed by atoms with Gasteiger partial charge < -0.3 is 10.1 Å². The van der Waals surface area contributed by atoms with Crippen LogP contribution in [0.2, 0.25) is 0 Å². The van der Waals surface area contributed by atoms with Crippen molar-refractivity contribution in [3.8, 4) is 0 Å². The number of hydrogen-bond acceptors (Lipinski definition) is 7. The second-order valence-corrected chi connectivity index (χ2v) is 11.8. The van der Waals surface area contributed by atoms with E-state index in [2.05, 4.69) is 19.6 Å². The molecule has 8 nitrogen and oxygen atoms in total. The van der Waals surface area contributed by atoms with E-state index in [-0.39, 0.29) is 23.1 Å². The Labute approximate surface area is 206 Å². The van der Waals surface area contributed by atoms with Gasteiger partial charge in [-0.2, -0.15) is 0 Å². The first-order valence-corrected chi connectivity index (χ1v) is 13.5. The highest BCUT2D eigenvalue weighted by Gasteiger charge is 2.32. The van der Waals surface area contributed by atoms with E-state index in [1.54, 1.807) is 20.0 Å². The maximum absolute atomic E-state index is 14.7. The van der Waals surface area contributed by atoms with E-state index < -0.39 is 33.6 Å². The Morgan fingerprint density at radius 3 is 2.69 bits per heavy atom. The molecule has 0 radical (unpaired) electrons. The molecule has 0 spiro atoms. The molecule has 0 amide bonds. The van der Waals surface area contributed by atoms with Crippen LogP contribution >= 0.6 is 0 Å². The summed E-state index contributed by atoms with van der Waals surface area (Å²) in [4.78, 5) is 21.7. The average Bonchev–Trinajstić information content (AvgIpc) is 3.20. The van der Waals surface area contributed by atoms with Crippen LogP contribution in [0.15, 0.2) is 39.8 Å². The van der Waals surface area contributed by atoms with Crippen LogP contribution in [0.25, 0.3) is 11.0 Å². The van der Waals surface area contributed by atoms with Crippen LogP contribution < -0.4 is 10.9 Å². The SMILES string of the molecule is CC(Nc1ncnc2c1cc(C1CCS(=O)(=NC3COC3)C1)c(=O)n2C)c1cccc(C(F)F)c1F. The zero-order chi connectivity index (χ0) is 25.6. The Kier molecular flexibility index (Phi) is 6.50. The lowest BCUT2D eigenvalue weighted by molar-refractivity contribution is 0.0140. The van der Waals surface area contributed by atoms with E-state index in [0.717, 1.165) is 6.07 Å². The third-order valence-electron chi connectivity index (χ3n) is 6.79. The number of nitrogens with one attached hydrogen (secondary N) is 1. The molecule has 5 rings (SSSR count). The van der Waals surface area contributed by atoms with Crippen LogP contribution in [0.5, 0.6) is 0 Å². The van der Waals surface area contributed by atoms with Crippen molar-refractivity contribution in [2.24, 2.45) is 11.4 Å². The van der Waals surface area contributed by atoms with E-state index in [9.17, 15) is 22.2 Å². The summed E-state index contributed by atoms with van der Waals surface area (Å²) in [6.45, 7) is 2.60. The number of halogens is 3. The summed E-state index contributed by atoms with van der Waals surface area (Å²) in [6.07, 6.45) is -1.08. The highest BCUT2D eigenvalue weighted by Crippen LogP contribution is 2.33. The van der Waals surface area contributed by atoms with Gasteiger partial charge in [0.15, 0.2) is 0 Å². The summed E-state index contributed by atoms with van der Waals surface area (Å²) in [7, 11) is -0.828. The fraction of sp³-hybridized carbons (Fsp3) is 0.458. The number of nitrogens with zero attached hydrogens (tertiary/aromatic N) is 4. The number of hydrogen-bond donors (Lipinski definition) is 1. The maximum atomic E-state index is 14.7. The van der Waals surface area contributed by atoms with E-state index in [4.69, 9.17) is 4.74 Å². The Hall–Kier alpha value is -2.99. The zero-order valence-electron chi connectivity index (χ0n) is 19.8.